The van der Waals surface area contributed by atoms with Crippen molar-refractivity contribution in [3.05, 3.63) is 41.3 Å². The number of hydrogen-bond acceptors (Lipinski definition) is 3. The van der Waals surface area contributed by atoms with Crippen LogP contribution in [-0.2, 0) is 7.05 Å². The van der Waals surface area contributed by atoms with E-state index in [1.807, 2.05) is 32.0 Å². The van der Waals surface area contributed by atoms with Crippen LogP contribution in [0.4, 0.5) is 15.9 Å². The monoisotopic (exact) mass is 290 g/mol. The van der Waals surface area contributed by atoms with Gasteiger partial charge in [0.2, 0.25) is 0 Å². The van der Waals surface area contributed by atoms with E-state index in [9.17, 15) is 4.39 Å². The predicted molar refractivity (Wildman–Crippen MR) is 84.9 cm³/mol. The van der Waals surface area contributed by atoms with Gasteiger partial charge in [-0.3, -0.25) is 4.68 Å². The second-order valence-electron chi connectivity index (χ2n) is 5.71. The third-order valence-corrected chi connectivity index (χ3v) is 3.90. The molecule has 0 aliphatic rings. The van der Waals surface area contributed by atoms with Crippen molar-refractivity contribution in [2.45, 2.75) is 32.7 Å². The number of aromatic nitrogens is 2. The Morgan fingerprint density at radius 3 is 2.38 bits per heavy atom. The van der Waals surface area contributed by atoms with Gasteiger partial charge in [0.05, 0.1) is 17.4 Å². The Kier molecular flexibility index (Phi) is 4.21. The maximum atomic E-state index is 14.0. The second kappa shape index (κ2) is 5.76. The molecule has 0 aliphatic carbocycles. The minimum atomic E-state index is -0.207. The molecular formula is C16H23FN4. The number of benzene rings is 1. The van der Waals surface area contributed by atoms with Gasteiger partial charge in [0.15, 0.2) is 5.82 Å². The van der Waals surface area contributed by atoms with Crippen LogP contribution in [0.5, 0.6) is 0 Å². The molecule has 0 spiro atoms. The SMILES string of the molecule is CC(C)c1nn(C)c(N(C)C(C)c2ccccc2F)c1N. The molecule has 0 bridgehead atoms. The van der Waals surface area contributed by atoms with Crippen molar-refractivity contribution in [3.63, 3.8) is 0 Å². The molecule has 0 saturated heterocycles. The average molecular weight is 290 g/mol. The second-order valence-corrected chi connectivity index (χ2v) is 5.71. The van der Waals surface area contributed by atoms with E-state index in [-0.39, 0.29) is 17.8 Å². The van der Waals surface area contributed by atoms with Gasteiger partial charge in [-0.2, -0.15) is 5.10 Å². The van der Waals surface area contributed by atoms with Crippen LogP contribution >= 0.6 is 0 Å². The molecule has 2 aromatic rings. The van der Waals surface area contributed by atoms with Crippen molar-refractivity contribution < 1.29 is 4.39 Å². The normalized spacial score (nSPS) is 12.7. The Bertz CT molecular complexity index is 633. The van der Waals surface area contributed by atoms with Gasteiger partial charge in [0.1, 0.15) is 5.82 Å². The van der Waals surface area contributed by atoms with Gasteiger partial charge in [-0.25, -0.2) is 4.39 Å². The molecule has 1 aromatic carbocycles. The molecule has 0 amide bonds. The first-order chi connectivity index (χ1) is 9.84. The van der Waals surface area contributed by atoms with Gasteiger partial charge in [0, 0.05) is 19.7 Å². The van der Waals surface area contributed by atoms with E-state index in [1.54, 1.807) is 16.8 Å². The van der Waals surface area contributed by atoms with Crippen LogP contribution in [0.15, 0.2) is 24.3 Å². The lowest BCUT2D eigenvalue weighted by molar-refractivity contribution is 0.579. The summed E-state index contributed by atoms with van der Waals surface area (Å²) in [6.45, 7) is 6.07. The highest BCUT2D eigenvalue weighted by Gasteiger charge is 2.23. The Labute approximate surface area is 125 Å². The molecule has 114 valence electrons. The van der Waals surface area contributed by atoms with E-state index < -0.39 is 0 Å². The maximum Gasteiger partial charge on any atom is 0.150 e. The van der Waals surface area contributed by atoms with Crippen molar-refractivity contribution in [2.24, 2.45) is 7.05 Å². The minimum Gasteiger partial charge on any atom is -0.394 e. The van der Waals surface area contributed by atoms with Crippen LogP contribution in [0, 0.1) is 5.82 Å². The Balaban J connectivity index is 2.41. The van der Waals surface area contributed by atoms with Crippen molar-refractivity contribution >= 4 is 11.5 Å². The summed E-state index contributed by atoms with van der Waals surface area (Å²) < 4.78 is 15.7. The number of rotatable bonds is 4. The number of aryl methyl sites for hydroxylation is 1. The number of nitrogens with zero attached hydrogens (tertiary/aromatic N) is 3. The van der Waals surface area contributed by atoms with Crippen molar-refractivity contribution in [1.82, 2.24) is 9.78 Å². The number of nitrogen functional groups attached to an aromatic ring is 1. The first-order valence-corrected chi connectivity index (χ1v) is 7.14. The summed E-state index contributed by atoms with van der Waals surface area (Å²) in [5.41, 5.74) is 8.43. The van der Waals surface area contributed by atoms with E-state index in [4.69, 9.17) is 5.73 Å². The highest BCUT2D eigenvalue weighted by atomic mass is 19.1. The zero-order valence-electron chi connectivity index (χ0n) is 13.3. The molecule has 2 rings (SSSR count). The first kappa shape index (κ1) is 15.4. The van der Waals surface area contributed by atoms with Crippen LogP contribution in [-0.4, -0.2) is 16.8 Å². The summed E-state index contributed by atoms with van der Waals surface area (Å²) in [4.78, 5) is 1.96. The quantitative estimate of drug-likeness (QED) is 0.938. The standard InChI is InChI=1S/C16H23FN4/c1-10(2)15-14(18)16(21(5)19-15)20(4)11(3)12-8-6-7-9-13(12)17/h6-11H,18H2,1-5H3. The van der Waals surface area contributed by atoms with Crippen LogP contribution in [0.1, 0.15) is 44.0 Å². The molecular weight excluding hydrogens is 267 g/mol. The molecule has 0 aliphatic heterocycles. The summed E-state index contributed by atoms with van der Waals surface area (Å²) in [6.07, 6.45) is 0. The highest BCUT2D eigenvalue weighted by molar-refractivity contribution is 5.67. The van der Waals surface area contributed by atoms with Crippen molar-refractivity contribution in [1.29, 1.82) is 0 Å². The van der Waals surface area contributed by atoms with E-state index in [2.05, 4.69) is 18.9 Å². The molecule has 5 heteroatoms. The summed E-state index contributed by atoms with van der Waals surface area (Å²) in [7, 11) is 3.77. The lowest BCUT2D eigenvalue weighted by atomic mass is 10.1. The topological polar surface area (TPSA) is 47.1 Å². The lowest BCUT2D eigenvalue weighted by Crippen LogP contribution is -2.25. The molecule has 1 unspecified atom stereocenters. The summed E-state index contributed by atoms with van der Waals surface area (Å²) >= 11 is 0. The third-order valence-electron chi connectivity index (χ3n) is 3.90. The van der Waals surface area contributed by atoms with Gasteiger partial charge in [-0.1, -0.05) is 32.0 Å². The Morgan fingerprint density at radius 2 is 1.86 bits per heavy atom. The Morgan fingerprint density at radius 1 is 1.24 bits per heavy atom. The molecule has 21 heavy (non-hydrogen) atoms. The molecule has 1 heterocycles. The van der Waals surface area contributed by atoms with Crippen LogP contribution in [0.2, 0.25) is 0 Å². The van der Waals surface area contributed by atoms with Crippen molar-refractivity contribution in [2.75, 3.05) is 17.7 Å². The van der Waals surface area contributed by atoms with Crippen LogP contribution in [0.25, 0.3) is 0 Å². The van der Waals surface area contributed by atoms with Gasteiger partial charge >= 0.3 is 0 Å². The number of hydrogen-bond donors (Lipinski definition) is 1. The Hall–Kier alpha value is -2.04. The molecule has 0 saturated carbocycles. The number of nitrogens with two attached hydrogens (primary N) is 1. The predicted octanol–water partition coefficient (Wildman–Crippen LogP) is 3.46. The van der Waals surface area contributed by atoms with Crippen LogP contribution in [0.3, 0.4) is 0 Å². The van der Waals surface area contributed by atoms with E-state index in [1.165, 1.54) is 6.07 Å². The van der Waals surface area contributed by atoms with Gasteiger partial charge in [0.25, 0.3) is 0 Å². The molecule has 0 fully saturated rings. The zero-order chi connectivity index (χ0) is 15.7. The number of halogens is 1. The first-order valence-electron chi connectivity index (χ1n) is 7.14. The number of anilines is 2. The lowest BCUT2D eigenvalue weighted by Gasteiger charge is -2.28. The highest BCUT2D eigenvalue weighted by Crippen LogP contribution is 2.34. The van der Waals surface area contributed by atoms with Gasteiger partial charge in [-0.05, 0) is 18.9 Å². The molecule has 2 N–H and O–H groups in total. The zero-order valence-corrected chi connectivity index (χ0v) is 13.3. The van der Waals surface area contributed by atoms with E-state index in [0.717, 1.165) is 11.5 Å². The molecule has 1 aromatic heterocycles. The van der Waals surface area contributed by atoms with Crippen LogP contribution < -0.4 is 10.6 Å². The fourth-order valence-corrected chi connectivity index (χ4v) is 2.60. The summed E-state index contributed by atoms with van der Waals surface area (Å²) in [5.74, 6) is 0.859. The molecule has 0 radical (unpaired) electrons. The third kappa shape index (κ3) is 2.73. The largest absolute Gasteiger partial charge is 0.394 e. The van der Waals surface area contributed by atoms with E-state index in [0.29, 0.717) is 11.3 Å². The summed E-state index contributed by atoms with van der Waals surface area (Å²) in [5, 5.41) is 4.49. The fourth-order valence-electron chi connectivity index (χ4n) is 2.60. The minimum absolute atomic E-state index is 0.135. The molecule has 1 atom stereocenters. The van der Waals surface area contributed by atoms with E-state index >= 15 is 0 Å². The molecule has 4 nitrogen and oxygen atoms in total. The van der Waals surface area contributed by atoms with Gasteiger partial charge < -0.3 is 10.6 Å². The summed E-state index contributed by atoms with van der Waals surface area (Å²) in [6, 6.07) is 6.68. The smallest absolute Gasteiger partial charge is 0.150 e. The fraction of sp³-hybridized carbons (Fsp3) is 0.438. The van der Waals surface area contributed by atoms with Gasteiger partial charge in [-0.15, -0.1) is 0 Å². The van der Waals surface area contributed by atoms with Crippen molar-refractivity contribution in [3.8, 4) is 0 Å². The average Bonchev–Trinajstić information content (AvgIpc) is 2.73. The maximum absolute atomic E-state index is 14.0.